The minimum Gasteiger partial charge on any atom is -0.444 e. The van der Waals surface area contributed by atoms with Crippen molar-refractivity contribution in [3.05, 3.63) is 11.6 Å². The summed E-state index contributed by atoms with van der Waals surface area (Å²) in [6.45, 7) is 12.1. The van der Waals surface area contributed by atoms with Crippen molar-refractivity contribution in [2.24, 2.45) is 0 Å². The van der Waals surface area contributed by atoms with Crippen molar-refractivity contribution in [2.45, 2.75) is 39.3 Å². The van der Waals surface area contributed by atoms with Crippen molar-refractivity contribution in [3.63, 3.8) is 0 Å². The number of hydrogen-bond acceptors (Lipinski definition) is 3. The first-order valence-corrected chi connectivity index (χ1v) is 5.62. The van der Waals surface area contributed by atoms with E-state index < -0.39 is 11.7 Å². The highest BCUT2D eigenvalue weighted by Crippen LogP contribution is 2.06. The van der Waals surface area contributed by atoms with Crippen molar-refractivity contribution >= 4 is 17.7 Å². The van der Waals surface area contributed by atoms with Crippen LogP contribution in [0.15, 0.2) is 11.6 Å². The van der Waals surface area contributed by atoms with Gasteiger partial charge in [-0.05, 0) is 27.7 Å². The Morgan fingerprint density at radius 3 is 2.50 bits per heavy atom. The number of halogens is 1. The van der Waals surface area contributed by atoms with E-state index in [4.69, 9.17) is 16.3 Å². The Morgan fingerprint density at radius 1 is 1.50 bits per heavy atom. The highest BCUT2D eigenvalue weighted by molar-refractivity contribution is 6.29. The molecule has 0 aliphatic heterocycles. The van der Waals surface area contributed by atoms with Gasteiger partial charge in [0.15, 0.2) is 0 Å². The minimum atomic E-state index is -0.471. The first-order valence-electron chi connectivity index (χ1n) is 5.24. The van der Waals surface area contributed by atoms with E-state index in [2.05, 4.69) is 17.2 Å². The fourth-order valence-electron chi connectivity index (χ4n) is 0.984. The summed E-state index contributed by atoms with van der Waals surface area (Å²) in [5.41, 5.74) is -0.471. The van der Waals surface area contributed by atoms with Crippen LogP contribution in [-0.2, 0) is 4.74 Å². The van der Waals surface area contributed by atoms with E-state index in [9.17, 15) is 4.79 Å². The normalized spacial score (nSPS) is 13.1. The molecular formula is C11H21ClN2O2. The summed E-state index contributed by atoms with van der Waals surface area (Å²) < 4.78 is 5.11. The molecule has 0 spiro atoms. The highest BCUT2D eigenvalue weighted by Gasteiger charge is 2.17. The number of carbonyl (C=O) groups is 1. The lowest BCUT2D eigenvalue weighted by Gasteiger charge is -2.22. The molecule has 0 bridgehead atoms. The molecule has 0 aromatic carbocycles. The maximum Gasteiger partial charge on any atom is 0.407 e. The van der Waals surface area contributed by atoms with Crippen molar-refractivity contribution < 1.29 is 9.53 Å². The van der Waals surface area contributed by atoms with E-state index in [1.54, 1.807) is 0 Å². The fourth-order valence-corrected chi connectivity index (χ4v) is 1.08. The van der Waals surface area contributed by atoms with Crippen molar-refractivity contribution in [1.29, 1.82) is 0 Å². The summed E-state index contributed by atoms with van der Waals surface area (Å²) >= 11 is 5.59. The molecule has 2 N–H and O–H groups in total. The molecule has 5 heteroatoms. The fraction of sp³-hybridized carbons (Fsp3) is 0.727. The zero-order valence-corrected chi connectivity index (χ0v) is 11.1. The molecule has 0 unspecified atom stereocenters. The van der Waals surface area contributed by atoms with Gasteiger partial charge in [0.1, 0.15) is 5.60 Å². The first kappa shape index (κ1) is 15.3. The number of carbonyl (C=O) groups excluding carboxylic acids is 1. The SMILES string of the molecule is C=C(Cl)CNC[C@@H](C)NC(=O)OC(C)(C)C. The average Bonchev–Trinajstić information content (AvgIpc) is 1.98. The van der Waals surface area contributed by atoms with Crippen LogP contribution in [0.5, 0.6) is 0 Å². The molecule has 1 atom stereocenters. The summed E-state index contributed by atoms with van der Waals surface area (Å²) in [4.78, 5) is 11.4. The van der Waals surface area contributed by atoms with E-state index in [0.29, 0.717) is 18.1 Å². The summed E-state index contributed by atoms with van der Waals surface area (Å²) in [7, 11) is 0. The first-order chi connectivity index (χ1) is 7.20. The third-order valence-electron chi connectivity index (χ3n) is 1.53. The maximum absolute atomic E-state index is 11.4. The Balaban J connectivity index is 3.74. The smallest absolute Gasteiger partial charge is 0.407 e. The lowest BCUT2D eigenvalue weighted by atomic mass is 10.2. The Morgan fingerprint density at radius 2 is 2.06 bits per heavy atom. The molecule has 0 saturated heterocycles. The Kier molecular flexibility index (Phi) is 6.45. The Bertz CT molecular complexity index is 249. The van der Waals surface area contributed by atoms with Crippen molar-refractivity contribution in [3.8, 4) is 0 Å². The van der Waals surface area contributed by atoms with Crippen LogP contribution in [0.1, 0.15) is 27.7 Å². The van der Waals surface area contributed by atoms with Gasteiger partial charge in [-0.15, -0.1) is 0 Å². The van der Waals surface area contributed by atoms with E-state index in [1.165, 1.54) is 0 Å². The number of rotatable bonds is 5. The third-order valence-corrected chi connectivity index (χ3v) is 1.66. The van der Waals surface area contributed by atoms with E-state index in [-0.39, 0.29) is 6.04 Å². The largest absolute Gasteiger partial charge is 0.444 e. The molecule has 0 aromatic heterocycles. The summed E-state index contributed by atoms with van der Waals surface area (Å²) in [6.07, 6.45) is -0.411. The molecule has 94 valence electrons. The van der Waals surface area contributed by atoms with Gasteiger partial charge in [0.05, 0.1) is 0 Å². The second kappa shape index (κ2) is 6.76. The van der Waals surface area contributed by atoms with Gasteiger partial charge in [0.2, 0.25) is 0 Å². The van der Waals surface area contributed by atoms with Gasteiger partial charge in [-0.2, -0.15) is 0 Å². The summed E-state index contributed by atoms with van der Waals surface area (Å²) in [5, 5.41) is 6.31. The van der Waals surface area contributed by atoms with Gasteiger partial charge in [-0.25, -0.2) is 4.79 Å². The van der Waals surface area contributed by atoms with Crippen molar-refractivity contribution in [1.82, 2.24) is 10.6 Å². The molecule has 4 nitrogen and oxygen atoms in total. The summed E-state index contributed by atoms with van der Waals surface area (Å²) in [5.74, 6) is 0. The van der Waals surface area contributed by atoms with Crippen LogP contribution >= 0.6 is 11.6 Å². The van der Waals surface area contributed by atoms with E-state index in [0.717, 1.165) is 0 Å². The van der Waals surface area contributed by atoms with Crippen LogP contribution < -0.4 is 10.6 Å². The van der Waals surface area contributed by atoms with Crippen molar-refractivity contribution in [2.75, 3.05) is 13.1 Å². The van der Waals surface area contributed by atoms with Crippen LogP contribution in [-0.4, -0.2) is 30.8 Å². The Labute approximate surface area is 102 Å². The topological polar surface area (TPSA) is 50.4 Å². The maximum atomic E-state index is 11.4. The van der Waals surface area contributed by atoms with Gasteiger partial charge < -0.3 is 15.4 Å². The second-order valence-corrected chi connectivity index (χ2v) is 5.23. The van der Waals surface area contributed by atoms with Gasteiger partial charge in [0, 0.05) is 24.2 Å². The molecule has 0 radical (unpaired) electrons. The standard InChI is InChI=1S/C11H21ClN2O2/c1-8(12)6-13-7-9(2)14-10(15)16-11(3,4)5/h9,13H,1,6-7H2,2-5H3,(H,14,15)/t9-/m1/s1. The minimum absolute atomic E-state index is 0.0223. The Hall–Kier alpha value is -0.740. The molecule has 1 amide bonds. The van der Waals surface area contributed by atoms with Crippen LogP contribution in [0.25, 0.3) is 0 Å². The second-order valence-electron chi connectivity index (χ2n) is 4.70. The highest BCUT2D eigenvalue weighted by atomic mass is 35.5. The van der Waals surface area contributed by atoms with Crippen LogP contribution in [0.2, 0.25) is 0 Å². The van der Waals surface area contributed by atoms with Gasteiger partial charge >= 0.3 is 6.09 Å². The molecule has 0 aromatic rings. The predicted octanol–water partition coefficient (Wildman–Crippen LogP) is 2.24. The van der Waals surface area contributed by atoms with Gasteiger partial charge in [-0.3, -0.25) is 0 Å². The lowest BCUT2D eigenvalue weighted by Crippen LogP contribution is -2.42. The van der Waals surface area contributed by atoms with E-state index in [1.807, 2.05) is 27.7 Å². The molecular weight excluding hydrogens is 228 g/mol. The van der Waals surface area contributed by atoms with Crippen LogP contribution in [0.4, 0.5) is 4.79 Å². The van der Waals surface area contributed by atoms with Crippen LogP contribution in [0, 0.1) is 0 Å². The van der Waals surface area contributed by atoms with E-state index >= 15 is 0 Å². The number of alkyl carbamates (subject to hydrolysis) is 1. The quantitative estimate of drug-likeness (QED) is 0.785. The zero-order valence-electron chi connectivity index (χ0n) is 10.4. The molecule has 0 aliphatic carbocycles. The zero-order chi connectivity index (χ0) is 12.8. The molecule has 0 fully saturated rings. The molecule has 16 heavy (non-hydrogen) atoms. The molecule has 0 heterocycles. The monoisotopic (exact) mass is 248 g/mol. The number of hydrogen-bond donors (Lipinski definition) is 2. The molecule has 0 aliphatic rings. The molecule has 0 saturated carbocycles. The number of nitrogens with one attached hydrogen (secondary N) is 2. The predicted molar refractivity (Wildman–Crippen MR) is 66.7 cm³/mol. The van der Waals surface area contributed by atoms with Crippen LogP contribution in [0.3, 0.4) is 0 Å². The van der Waals surface area contributed by atoms with Gasteiger partial charge in [-0.1, -0.05) is 18.2 Å². The molecule has 0 rings (SSSR count). The number of amides is 1. The van der Waals surface area contributed by atoms with Gasteiger partial charge in [0.25, 0.3) is 0 Å². The number of ether oxygens (including phenoxy) is 1. The third kappa shape index (κ3) is 9.80. The summed E-state index contributed by atoms with van der Waals surface area (Å²) in [6, 6.07) is -0.0223. The average molecular weight is 249 g/mol. The lowest BCUT2D eigenvalue weighted by molar-refractivity contribution is 0.0508.